The van der Waals surface area contributed by atoms with Gasteiger partial charge in [0.2, 0.25) is 10.0 Å². The molecule has 0 bridgehead atoms. The Bertz CT molecular complexity index is 1030. The lowest BCUT2D eigenvalue weighted by Crippen LogP contribution is -2.28. The van der Waals surface area contributed by atoms with Crippen molar-refractivity contribution in [3.8, 4) is 22.8 Å². The number of thiophene rings is 1. The third-order valence-corrected chi connectivity index (χ3v) is 6.16. The monoisotopic (exact) mass is 407 g/mol. The van der Waals surface area contributed by atoms with Crippen LogP contribution in [0.25, 0.3) is 11.3 Å². The summed E-state index contributed by atoms with van der Waals surface area (Å²) in [6, 6.07) is 9.68. The highest BCUT2D eigenvalue weighted by Gasteiger charge is 2.22. The molecule has 0 saturated heterocycles. The summed E-state index contributed by atoms with van der Waals surface area (Å²) >= 11 is 1.54. The second kappa shape index (κ2) is 7.35. The summed E-state index contributed by atoms with van der Waals surface area (Å²) in [6.45, 7) is 0.584. The van der Waals surface area contributed by atoms with Gasteiger partial charge in [0, 0.05) is 23.6 Å². The van der Waals surface area contributed by atoms with Gasteiger partial charge in [-0.25, -0.2) is 13.1 Å². The highest BCUT2D eigenvalue weighted by Crippen LogP contribution is 2.32. The van der Waals surface area contributed by atoms with Gasteiger partial charge in [-0.15, -0.1) is 0 Å². The molecule has 1 aliphatic heterocycles. The minimum atomic E-state index is -3.82. The summed E-state index contributed by atoms with van der Waals surface area (Å²) in [5.41, 5.74) is 0.912. The fourth-order valence-electron chi connectivity index (χ4n) is 2.66. The van der Waals surface area contributed by atoms with E-state index in [1.54, 1.807) is 18.2 Å². The van der Waals surface area contributed by atoms with Crippen molar-refractivity contribution in [2.45, 2.75) is 11.0 Å². The first-order valence-electron chi connectivity index (χ1n) is 8.22. The van der Waals surface area contributed by atoms with Gasteiger partial charge < -0.3 is 19.0 Å². The van der Waals surface area contributed by atoms with Gasteiger partial charge in [0.15, 0.2) is 11.5 Å². The molecule has 0 fully saturated rings. The third kappa shape index (κ3) is 3.86. The van der Waals surface area contributed by atoms with Crippen LogP contribution in [0.3, 0.4) is 0 Å². The molecule has 1 aromatic carbocycles. The Morgan fingerprint density at radius 3 is 2.70 bits per heavy atom. The van der Waals surface area contributed by atoms with Crippen molar-refractivity contribution in [2.24, 2.45) is 0 Å². The van der Waals surface area contributed by atoms with Crippen LogP contribution in [0.2, 0.25) is 0 Å². The summed E-state index contributed by atoms with van der Waals surface area (Å²) in [5, 5.41) is 14.1. The molecule has 7 nitrogen and oxygen atoms in total. The molecular formula is C18H17NO6S2. The first-order valence-corrected chi connectivity index (χ1v) is 10.7. The van der Waals surface area contributed by atoms with Crippen LogP contribution in [0.1, 0.15) is 11.9 Å². The maximum atomic E-state index is 12.5. The van der Waals surface area contributed by atoms with Crippen LogP contribution in [0.5, 0.6) is 11.5 Å². The number of nitrogens with one attached hydrogen (secondary N) is 1. The fourth-order valence-corrected chi connectivity index (χ4v) is 4.35. The molecule has 3 aromatic rings. The highest BCUT2D eigenvalue weighted by atomic mass is 32.2. The van der Waals surface area contributed by atoms with Gasteiger partial charge in [-0.1, -0.05) is 0 Å². The van der Waals surface area contributed by atoms with Crippen LogP contribution in [0.4, 0.5) is 0 Å². The van der Waals surface area contributed by atoms with Gasteiger partial charge in [-0.05, 0) is 35.7 Å². The van der Waals surface area contributed by atoms with Crippen LogP contribution in [-0.2, 0) is 10.0 Å². The molecule has 2 N–H and O–H groups in total. The molecule has 0 radical (unpaired) electrons. The normalized spacial score (nSPS) is 14.9. The van der Waals surface area contributed by atoms with Gasteiger partial charge in [-0.2, -0.15) is 11.3 Å². The van der Waals surface area contributed by atoms with E-state index in [2.05, 4.69) is 4.72 Å². The molecule has 0 amide bonds. The lowest BCUT2D eigenvalue weighted by molar-refractivity contribution is 0.155. The van der Waals surface area contributed by atoms with E-state index < -0.39 is 16.1 Å². The van der Waals surface area contributed by atoms with Crippen molar-refractivity contribution in [1.29, 1.82) is 0 Å². The Hall–Kier alpha value is -2.33. The standard InChI is InChI=1S/C18H17NO6S2/c20-14(16-4-3-15(25-16)12-5-8-26-11-12)10-19-27(21,22)13-1-2-17-18(9-13)24-7-6-23-17/h1-5,8-9,11,14,19-20H,6-7,10H2. The number of benzene rings is 1. The maximum Gasteiger partial charge on any atom is 0.240 e. The number of hydrogen-bond donors (Lipinski definition) is 2. The molecule has 4 rings (SSSR count). The van der Waals surface area contributed by atoms with Crippen LogP contribution < -0.4 is 14.2 Å². The van der Waals surface area contributed by atoms with E-state index >= 15 is 0 Å². The van der Waals surface area contributed by atoms with Crippen LogP contribution in [-0.4, -0.2) is 33.3 Å². The average molecular weight is 407 g/mol. The number of fused-ring (bicyclic) bond motifs is 1. The first-order chi connectivity index (χ1) is 13.0. The summed E-state index contributed by atoms with van der Waals surface area (Å²) < 4.78 is 43.8. The topological polar surface area (TPSA) is 98.0 Å². The minimum absolute atomic E-state index is 0.0392. The van der Waals surface area contributed by atoms with Gasteiger partial charge in [-0.3, -0.25) is 0 Å². The van der Waals surface area contributed by atoms with Crippen molar-refractivity contribution in [1.82, 2.24) is 4.72 Å². The van der Waals surface area contributed by atoms with Crippen LogP contribution in [0.15, 0.2) is 56.5 Å². The molecular weight excluding hydrogens is 390 g/mol. The SMILES string of the molecule is O=S(=O)(NCC(O)c1ccc(-c2ccsc2)o1)c1ccc2c(c1)OCCO2. The number of sulfonamides is 1. The van der Waals surface area contributed by atoms with E-state index in [1.807, 2.05) is 16.8 Å². The summed E-state index contributed by atoms with van der Waals surface area (Å²) in [6.07, 6.45) is -1.11. The van der Waals surface area contributed by atoms with Gasteiger partial charge in [0.1, 0.15) is 30.8 Å². The van der Waals surface area contributed by atoms with Crippen LogP contribution >= 0.6 is 11.3 Å². The van der Waals surface area contributed by atoms with Crippen molar-refractivity contribution < 1.29 is 27.4 Å². The number of rotatable bonds is 6. The highest BCUT2D eigenvalue weighted by molar-refractivity contribution is 7.89. The predicted molar refractivity (Wildman–Crippen MR) is 99.6 cm³/mol. The Labute approximate surface area is 160 Å². The maximum absolute atomic E-state index is 12.5. The van der Waals surface area contributed by atoms with Crippen molar-refractivity contribution in [2.75, 3.05) is 19.8 Å². The number of hydrogen-bond acceptors (Lipinski definition) is 7. The smallest absolute Gasteiger partial charge is 0.240 e. The number of aliphatic hydroxyl groups is 1. The first kappa shape index (κ1) is 18.1. The number of ether oxygens (including phenoxy) is 2. The molecule has 1 atom stereocenters. The van der Waals surface area contributed by atoms with Gasteiger partial charge >= 0.3 is 0 Å². The molecule has 1 aliphatic rings. The second-order valence-corrected chi connectivity index (χ2v) is 8.43. The zero-order valence-electron chi connectivity index (χ0n) is 14.1. The Balaban J connectivity index is 1.44. The Kier molecular flexibility index (Phi) is 4.92. The summed E-state index contributed by atoms with van der Waals surface area (Å²) in [7, 11) is -3.82. The van der Waals surface area contributed by atoms with Gasteiger partial charge in [0.05, 0.1) is 4.90 Å². The second-order valence-electron chi connectivity index (χ2n) is 5.89. The van der Waals surface area contributed by atoms with E-state index in [0.717, 1.165) is 5.56 Å². The van der Waals surface area contributed by atoms with Gasteiger partial charge in [0.25, 0.3) is 0 Å². The lowest BCUT2D eigenvalue weighted by Gasteiger charge is -2.19. The quantitative estimate of drug-likeness (QED) is 0.652. The average Bonchev–Trinajstić information content (AvgIpc) is 3.37. The Morgan fingerprint density at radius 2 is 1.93 bits per heavy atom. The molecule has 2 aromatic heterocycles. The fraction of sp³-hybridized carbons (Fsp3) is 0.222. The molecule has 27 heavy (non-hydrogen) atoms. The molecule has 3 heterocycles. The van der Waals surface area contributed by atoms with E-state index in [0.29, 0.717) is 36.2 Å². The van der Waals surface area contributed by atoms with Crippen molar-refractivity contribution >= 4 is 21.4 Å². The third-order valence-electron chi connectivity index (χ3n) is 4.05. The molecule has 9 heteroatoms. The van der Waals surface area contributed by atoms with E-state index in [1.165, 1.54) is 23.5 Å². The Morgan fingerprint density at radius 1 is 1.11 bits per heavy atom. The largest absolute Gasteiger partial charge is 0.486 e. The lowest BCUT2D eigenvalue weighted by atomic mass is 10.2. The zero-order chi connectivity index (χ0) is 18.9. The minimum Gasteiger partial charge on any atom is -0.486 e. The van der Waals surface area contributed by atoms with E-state index in [-0.39, 0.29) is 11.4 Å². The predicted octanol–water partition coefficient (Wildman–Crippen LogP) is 2.79. The van der Waals surface area contributed by atoms with Crippen molar-refractivity contribution in [3.63, 3.8) is 0 Å². The summed E-state index contributed by atoms with van der Waals surface area (Å²) in [5.74, 6) is 1.81. The number of aliphatic hydroxyl groups excluding tert-OH is 1. The zero-order valence-corrected chi connectivity index (χ0v) is 15.8. The molecule has 0 saturated carbocycles. The van der Waals surface area contributed by atoms with Crippen LogP contribution in [0, 0.1) is 0 Å². The van der Waals surface area contributed by atoms with E-state index in [9.17, 15) is 13.5 Å². The van der Waals surface area contributed by atoms with E-state index in [4.69, 9.17) is 13.9 Å². The molecule has 0 aliphatic carbocycles. The molecule has 142 valence electrons. The molecule has 0 spiro atoms. The summed E-state index contributed by atoms with van der Waals surface area (Å²) in [4.78, 5) is 0.0392. The molecule has 1 unspecified atom stereocenters. The number of furan rings is 1. The van der Waals surface area contributed by atoms with Crippen molar-refractivity contribution in [3.05, 3.63) is 52.9 Å².